The molecule has 0 saturated carbocycles. The molecule has 102 valence electrons. The summed E-state index contributed by atoms with van der Waals surface area (Å²) in [6.07, 6.45) is 1.30. The molecule has 1 unspecified atom stereocenters. The molecule has 6 nitrogen and oxygen atoms in total. The second kappa shape index (κ2) is 5.90. The van der Waals surface area contributed by atoms with Crippen molar-refractivity contribution in [3.63, 3.8) is 0 Å². The van der Waals surface area contributed by atoms with Crippen molar-refractivity contribution in [2.75, 3.05) is 19.6 Å². The van der Waals surface area contributed by atoms with Gasteiger partial charge in [-0.25, -0.2) is 0 Å². The summed E-state index contributed by atoms with van der Waals surface area (Å²) >= 11 is 0. The molecule has 2 rings (SSSR count). The number of rotatable bonds is 4. The molecule has 6 heteroatoms. The van der Waals surface area contributed by atoms with Gasteiger partial charge >= 0.3 is 0 Å². The Balaban J connectivity index is 1.97. The fourth-order valence-electron chi connectivity index (χ4n) is 2.24. The number of non-ortho nitro benzene ring substituents is 1. The monoisotopic (exact) mass is 264 g/mol. The number of benzene rings is 1. The molecule has 1 heterocycles. The van der Waals surface area contributed by atoms with Crippen molar-refractivity contribution in [1.29, 1.82) is 0 Å². The number of carbonyl (C=O) groups excluding carboxylic acids is 1. The summed E-state index contributed by atoms with van der Waals surface area (Å²) < 4.78 is 0. The second-order valence-corrected chi connectivity index (χ2v) is 4.76. The Morgan fingerprint density at radius 3 is 2.68 bits per heavy atom. The van der Waals surface area contributed by atoms with E-state index in [4.69, 9.17) is 0 Å². The number of β-amino-alcohol motifs (C(OH)–C–C–N with tert-alkyl or cyclic N) is 1. The van der Waals surface area contributed by atoms with E-state index in [1.54, 1.807) is 0 Å². The fourth-order valence-corrected chi connectivity index (χ4v) is 2.24. The van der Waals surface area contributed by atoms with Crippen molar-refractivity contribution < 1.29 is 14.8 Å². The predicted octanol–water partition coefficient (Wildman–Crippen LogP) is 1.23. The Hall–Kier alpha value is -1.79. The number of piperidine rings is 1. The van der Waals surface area contributed by atoms with E-state index in [-0.39, 0.29) is 24.1 Å². The topological polar surface area (TPSA) is 83.7 Å². The Labute approximate surface area is 110 Å². The summed E-state index contributed by atoms with van der Waals surface area (Å²) in [6.45, 7) is 1.56. The summed E-state index contributed by atoms with van der Waals surface area (Å²) in [6, 6.07) is 5.61. The molecule has 1 saturated heterocycles. The summed E-state index contributed by atoms with van der Waals surface area (Å²) in [5.74, 6) is -0.0796. The summed E-state index contributed by atoms with van der Waals surface area (Å²) in [4.78, 5) is 24.0. The van der Waals surface area contributed by atoms with Crippen molar-refractivity contribution in [2.45, 2.75) is 18.9 Å². The van der Waals surface area contributed by atoms with Crippen LogP contribution in [0.25, 0.3) is 0 Å². The van der Waals surface area contributed by atoms with Gasteiger partial charge in [0.05, 0.1) is 17.6 Å². The average Bonchev–Trinajstić information content (AvgIpc) is 2.39. The Morgan fingerprint density at radius 1 is 1.42 bits per heavy atom. The van der Waals surface area contributed by atoms with Crippen molar-refractivity contribution in [2.24, 2.45) is 0 Å². The molecule has 1 fully saturated rings. The molecule has 1 atom stereocenters. The molecule has 1 aliphatic rings. The van der Waals surface area contributed by atoms with Crippen LogP contribution >= 0.6 is 0 Å². The second-order valence-electron chi connectivity index (χ2n) is 4.76. The van der Waals surface area contributed by atoms with Gasteiger partial charge in [-0.1, -0.05) is 0 Å². The van der Waals surface area contributed by atoms with Crippen molar-refractivity contribution >= 4 is 11.5 Å². The van der Waals surface area contributed by atoms with Gasteiger partial charge in [0, 0.05) is 24.2 Å². The maximum absolute atomic E-state index is 12.0. The molecule has 19 heavy (non-hydrogen) atoms. The summed E-state index contributed by atoms with van der Waals surface area (Å²) in [5, 5.41) is 20.1. The molecular weight excluding hydrogens is 248 g/mol. The van der Waals surface area contributed by atoms with Gasteiger partial charge in [-0.2, -0.15) is 0 Å². The number of ketones is 1. The normalized spacial score (nSPS) is 20.2. The third-order valence-corrected chi connectivity index (χ3v) is 3.25. The van der Waals surface area contributed by atoms with Crippen LogP contribution in [0.1, 0.15) is 23.2 Å². The number of Topliss-reactive ketones (excluding diaryl/α,β-unsaturated/α-hetero) is 1. The van der Waals surface area contributed by atoms with E-state index in [9.17, 15) is 20.0 Å². The maximum Gasteiger partial charge on any atom is 0.269 e. The number of likely N-dealkylation sites (tertiary alicyclic amines) is 1. The van der Waals surface area contributed by atoms with Gasteiger partial charge in [0.15, 0.2) is 5.78 Å². The van der Waals surface area contributed by atoms with E-state index in [0.717, 1.165) is 19.4 Å². The van der Waals surface area contributed by atoms with Crippen LogP contribution in [0.2, 0.25) is 0 Å². The van der Waals surface area contributed by atoms with E-state index >= 15 is 0 Å². The molecule has 0 aliphatic carbocycles. The highest BCUT2D eigenvalue weighted by molar-refractivity contribution is 5.97. The Kier molecular flexibility index (Phi) is 4.24. The van der Waals surface area contributed by atoms with E-state index in [1.165, 1.54) is 24.3 Å². The number of hydrogen-bond acceptors (Lipinski definition) is 5. The van der Waals surface area contributed by atoms with Gasteiger partial charge in [-0.3, -0.25) is 19.8 Å². The van der Waals surface area contributed by atoms with Crippen LogP contribution < -0.4 is 0 Å². The predicted molar refractivity (Wildman–Crippen MR) is 69.1 cm³/mol. The third kappa shape index (κ3) is 3.59. The molecule has 0 spiro atoms. The first-order valence-electron chi connectivity index (χ1n) is 6.24. The lowest BCUT2D eigenvalue weighted by atomic mass is 10.1. The van der Waals surface area contributed by atoms with Crippen LogP contribution in [0.15, 0.2) is 24.3 Å². The maximum atomic E-state index is 12.0. The van der Waals surface area contributed by atoms with E-state index in [2.05, 4.69) is 0 Å². The highest BCUT2D eigenvalue weighted by Crippen LogP contribution is 2.14. The first kappa shape index (κ1) is 13.6. The number of aliphatic hydroxyl groups excluding tert-OH is 1. The standard InChI is InChI=1S/C13H16N2O4/c16-12-2-1-7-14(8-12)9-13(17)10-3-5-11(6-4-10)15(18)19/h3-6,12,16H,1-2,7-9H2. The number of nitro benzene ring substituents is 1. The highest BCUT2D eigenvalue weighted by Gasteiger charge is 2.20. The first-order valence-corrected chi connectivity index (χ1v) is 6.24. The quantitative estimate of drug-likeness (QED) is 0.502. The summed E-state index contributed by atoms with van der Waals surface area (Å²) in [5.41, 5.74) is 0.440. The minimum Gasteiger partial charge on any atom is -0.392 e. The van der Waals surface area contributed by atoms with Crippen molar-refractivity contribution in [1.82, 2.24) is 4.90 Å². The zero-order chi connectivity index (χ0) is 13.8. The minimum absolute atomic E-state index is 0.0232. The van der Waals surface area contributed by atoms with E-state index in [0.29, 0.717) is 12.1 Å². The van der Waals surface area contributed by atoms with Gasteiger partial charge in [-0.15, -0.1) is 0 Å². The number of aliphatic hydroxyl groups is 1. The first-order chi connectivity index (χ1) is 9.06. The lowest BCUT2D eigenvalue weighted by Crippen LogP contribution is -2.41. The molecular formula is C13H16N2O4. The van der Waals surface area contributed by atoms with E-state index < -0.39 is 4.92 Å². The van der Waals surface area contributed by atoms with Crippen LogP contribution in [0, 0.1) is 10.1 Å². The Bertz CT molecular complexity index is 472. The lowest BCUT2D eigenvalue weighted by molar-refractivity contribution is -0.384. The van der Waals surface area contributed by atoms with Crippen molar-refractivity contribution in [3.8, 4) is 0 Å². The zero-order valence-corrected chi connectivity index (χ0v) is 10.5. The SMILES string of the molecule is O=C(CN1CCCC(O)C1)c1ccc([N+](=O)[O-])cc1. The molecule has 0 amide bonds. The van der Waals surface area contributed by atoms with Crippen LogP contribution in [0.5, 0.6) is 0 Å². The largest absolute Gasteiger partial charge is 0.392 e. The van der Waals surface area contributed by atoms with Crippen LogP contribution in [-0.2, 0) is 0 Å². The van der Waals surface area contributed by atoms with Crippen LogP contribution in [0.4, 0.5) is 5.69 Å². The van der Waals surface area contributed by atoms with Gasteiger partial charge in [0.1, 0.15) is 0 Å². The van der Waals surface area contributed by atoms with Crippen LogP contribution in [-0.4, -0.2) is 46.5 Å². The third-order valence-electron chi connectivity index (χ3n) is 3.25. The highest BCUT2D eigenvalue weighted by atomic mass is 16.6. The Morgan fingerprint density at radius 2 is 2.11 bits per heavy atom. The van der Waals surface area contributed by atoms with Gasteiger partial charge < -0.3 is 5.11 Å². The molecule has 1 aromatic rings. The molecule has 1 aromatic carbocycles. The van der Waals surface area contributed by atoms with Gasteiger partial charge in [0.2, 0.25) is 0 Å². The molecule has 0 aromatic heterocycles. The lowest BCUT2D eigenvalue weighted by Gasteiger charge is -2.29. The van der Waals surface area contributed by atoms with E-state index in [1.807, 2.05) is 4.90 Å². The molecule has 0 radical (unpaired) electrons. The minimum atomic E-state index is -0.491. The number of hydrogen-bond donors (Lipinski definition) is 1. The average molecular weight is 264 g/mol. The number of carbonyl (C=O) groups is 1. The molecule has 0 bridgehead atoms. The molecule has 1 N–H and O–H groups in total. The zero-order valence-electron chi connectivity index (χ0n) is 10.5. The smallest absolute Gasteiger partial charge is 0.269 e. The van der Waals surface area contributed by atoms with Crippen LogP contribution in [0.3, 0.4) is 0 Å². The number of nitrogens with zero attached hydrogens (tertiary/aromatic N) is 2. The number of nitro groups is 1. The van der Waals surface area contributed by atoms with Gasteiger partial charge in [0.25, 0.3) is 5.69 Å². The fraction of sp³-hybridized carbons (Fsp3) is 0.462. The molecule has 1 aliphatic heterocycles. The van der Waals surface area contributed by atoms with Gasteiger partial charge in [-0.05, 0) is 31.5 Å². The van der Waals surface area contributed by atoms with Crippen molar-refractivity contribution in [3.05, 3.63) is 39.9 Å². The summed E-state index contributed by atoms with van der Waals surface area (Å²) in [7, 11) is 0.